The number of hydrogen-bond acceptors (Lipinski definition) is 1. The molecule has 1 fully saturated rings. The third-order valence-corrected chi connectivity index (χ3v) is 3.90. The molecule has 0 radical (unpaired) electrons. The Labute approximate surface area is 98.5 Å². The molecule has 2 atom stereocenters. The molecule has 0 aromatic heterocycles. The molecule has 1 heteroatoms. The fourth-order valence-corrected chi connectivity index (χ4v) is 2.88. The van der Waals surface area contributed by atoms with Crippen LogP contribution in [-0.2, 0) is 6.42 Å². The number of hydrogen-bond donors (Lipinski definition) is 1. The Balaban J connectivity index is 1.76. The van der Waals surface area contributed by atoms with Crippen LogP contribution >= 0.6 is 0 Å². The third-order valence-electron chi connectivity index (χ3n) is 3.90. The van der Waals surface area contributed by atoms with E-state index in [1.165, 1.54) is 31.2 Å². The highest BCUT2D eigenvalue weighted by atomic mass is 16.3. The van der Waals surface area contributed by atoms with Gasteiger partial charge in [-0.3, -0.25) is 0 Å². The molecule has 1 aliphatic rings. The summed E-state index contributed by atoms with van der Waals surface area (Å²) in [7, 11) is 0. The standard InChI is InChI=1S/C15H22O/c1-15(11-9-14(16)12-15)10-5-8-13-6-3-2-4-7-13/h2-4,6-7,14,16H,5,8-12H2,1H3. The number of aliphatic hydroxyl groups excluding tert-OH is 1. The summed E-state index contributed by atoms with van der Waals surface area (Å²) < 4.78 is 0. The van der Waals surface area contributed by atoms with E-state index in [0.717, 1.165) is 12.8 Å². The fraction of sp³-hybridized carbons (Fsp3) is 0.600. The van der Waals surface area contributed by atoms with Crippen LogP contribution in [0, 0.1) is 5.41 Å². The minimum atomic E-state index is -0.0401. The Bertz CT molecular complexity index is 319. The Morgan fingerprint density at radius 3 is 2.69 bits per heavy atom. The number of aliphatic hydroxyl groups is 1. The van der Waals surface area contributed by atoms with Crippen molar-refractivity contribution in [3.05, 3.63) is 35.9 Å². The molecule has 1 aromatic rings. The maximum atomic E-state index is 9.58. The van der Waals surface area contributed by atoms with E-state index in [4.69, 9.17) is 0 Å². The molecule has 1 nitrogen and oxygen atoms in total. The SMILES string of the molecule is CC1(CCCc2ccccc2)CCC(O)C1. The summed E-state index contributed by atoms with van der Waals surface area (Å²) in [6, 6.07) is 10.7. The normalized spacial score (nSPS) is 29.5. The van der Waals surface area contributed by atoms with Crippen LogP contribution in [0.25, 0.3) is 0 Å². The van der Waals surface area contributed by atoms with E-state index in [2.05, 4.69) is 37.3 Å². The lowest BCUT2D eigenvalue weighted by molar-refractivity contribution is 0.160. The van der Waals surface area contributed by atoms with Gasteiger partial charge in [0.25, 0.3) is 0 Å². The van der Waals surface area contributed by atoms with Crippen LogP contribution in [-0.4, -0.2) is 11.2 Å². The topological polar surface area (TPSA) is 20.2 Å². The van der Waals surface area contributed by atoms with Gasteiger partial charge in [-0.1, -0.05) is 37.3 Å². The summed E-state index contributed by atoms with van der Waals surface area (Å²) in [5, 5.41) is 9.58. The van der Waals surface area contributed by atoms with Gasteiger partial charge in [-0.2, -0.15) is 0 Å². The highest BCUT2D eigenvalue weighted by molar-refractivity contribution is 5.14. The van der Waals surface area contributed by atoms with Gasteiger partial charge in [0.1, 0.15) is 0 Å². The van der Waals surface area contributed by atoms with Crippen molar-refractivity contribution in [2.75, 3.05) is 0 Å². The Morgan fingerprint density at radius 2 is 2.06 bits per heavy atom. The minimum absolute atomic E-state index is 0.0401. The highest BCUT2D eigenvalue weighted by Gasteiger charge is 2.33. The maximum Gasteiger partial charge on any atom is 0.0545 e. The van der Waals surface area contributed by atoms with E-state index in [1.54, 1.807) is 0 Å². The zero-order valence-electron chi connectivity index (χ0n) is 10.2. The van der Waals surface area contributed by atoms with Crippen molar-refractivity contribution >= 4 is 0 Å². The van der Waals surface area contributed by atoms with Crippen LogP contribution in [0.15, 0.2) is 30.3 Å². The van der Waals surface area contributed by atoms with Crippen molar-refractivity contribution < 1.29 is 5.11 Å². The highest BCUT2D eigenvalue weighted by Crippen LogP contribution is 2.41. The second-order valence-corrected chi connectivity index (χ2v) is 5.55. The zero-order valence-corrected chi connectivity index (χ0v) is 10.2. The molecule has 1 aromatic carbocycles. The smallest absolute Gasteiger partial charge is 0.0545 e. The molecule has 1 saturated carbocycles. The minimum Gasteiger partial charge on any atom is -0.393 e. The van der Waals surface area contributed by atoms with Gasteiger partial charge in [-0.25, -0.2) is 0 Å². The Kier molecular flexibility index (Phi) is 3.65. The number of rotatable bonds is 4. The molecule has 0 aliphatic heterocycles. The molecule has 0 heterocycles. The average Bonchev–Trinajstić information content (AvgIpc) is 2.60. The molecular weight excluding hydrogens is 196 g/mol. The zero-order chi connectivity index (χ0) is 11.4. The van der Waals surface area contributed by atoms with Crippen LogP contribution in [0.4, 0.5) is 0 Å². The first kappa shape index (κ1) is 11.7. The molecule has 0 bridgehead atoms. The molecule has 16 heavy (non-hydrogen) atoms. The van der Waals surface area contributed by atoms with Crippen LogP contribution in [0.1, 0.15) is 44.6 Å². The molecule has 1 aliphatic carbocycles. The van der Waals surface area contributed by atoms with Crippen LogP contribution in [0.5, 0.6) is 0 Å². The summed E-state index contributed by atoms with van der Waals surface area (Å²) in [4.78, 5) is 0. The van der Waals surface area contributed by atoms with Crippen molar-refractivity contribution in [1.29, 1.82) is 0 Å². The molecule has 0 saturated heterocycles. The van der Waals surface area contributed by atoms with Crippen molar-refractivity contribution in [2.45, 2.75) is 51.6 Å². The Hall–Kier alpha value is -0.820. The number of benzene rings is 1. The average molecular weight is 218 g/mol. The summed E-state index contributed by atoms with van der Waals surface area (Å²) >= 11 is 0. The first-order chi connectivity index (χ1) is 7.68. The van der Waals surface area contributed by atoms with Gasteiger partial charge < -0.3 is 5.11 Å². The number of aryl methyl sites for hydroxylation is 1. The molecule has 0 amide bonds. The fourth-order valence-electron chi connectivity index (χ4n) is 2.88. The van der Waals surface area contributed by atoms with Crippen LogP contribution in [0.3, 0.4) is 0 Å². The van der Waals surface area contributed by atoms with E-state index in [-0.39, 0.29) is 6.10 Å². The Morgan fingerprint density at radius 1 is 1.31 bits per heavy atom. The van der Waals surface area contributed by atoms with E-state index in [1.807, 2.05) is 0 Å². The quantitative estimate of drug-likeness (QED) is 0.819. The molecule has 1 N–H and O–H groups in total. The van der Waals surface area contributed by atoms with Crippen molar-refractivity contribution in [3.8, 4) is 0 Å². The summed E-state index contributed by atoms with van der Waals surface area (Å²) in [6.45, 7) is 2.33. The van der Waals surface area contributed by atoms with Gasteiger partial charge in [0.15, 0.2) is 0 Å². The van der Waals surface area contributed by atoms with Gasteiger partial charge in [0.05, 0.1) is 6.10 Å². The lowest BCUT2D eigenvalue weighted by atomic mass is 9.83. The maximum absolute atomic E-state index is 9.58. The van der Waals surface area contributed by atoms with Gasteiger partial charge in [0, 0.05) is 0 Å². The first-order valence-corrected chi connectivity index (χ1v) is 6.40. The molecule has 0 spiro atoms. The van der Waals surface area contributed by atoms with Gasteiger partial charge in [0.2, 0.25) is 0 Å². The molecule has 2 unspecified atom stereocenters. The van der Waals surface area contributed by atoms with Gasteiger partial charge in [-0.15, -0.1) is 0 Å². The lowest BCUT2D eigenvalue weighted by Crippen LogP contribution is -2.13. The van der Waals surface area contributed by atoms with E-state index < -0.39 is 0 Å². The third kappa shape index (κ3) is 3.08. The van der Waals surface area contributed by atoms with E-state index >= 15 is 0 Å². The molecule has 88 valence electrons. The van der Waals surface area contributed by atoms with E-state index in [9.17, 15) is 5.11 Å². The van der Waals surface area contributed by atoms with Crippen molar-refractivity contribution in [1.82, 2.24) is 0 Å². The molecule has 2 rings (SSSR count). The largest absolute Gasteiger partial charge is 0.393 e. The van der Waals surface area contributed by atoms with Crippen LogP contribution < -0.4 is 0 Å². The first-order valence-electron chi connectivity index (χ1n) is 6.40. The van der Waals surface area contributed by atoms with E-state index in [0.29, 0.717) is 5.41 Å². The second-order valence-electron chi connectivity index (χ2n) is 5.55. The van der Waals surface area contributed by atoms with Gasteiger partial charge in [-0.05, 0) is 49.5 Å². The van der Waals surface area contributed by atoms with Crippen molar-refractivity contribution in [3.63, 3.8) is 0 Å². The predicted octanol–water partition coefficient (Wildman–Crippen LogP) is 3.56. The molecular formula is C15H22O. The van der Waals surface area contributed by atoms with Crippen LogP contribution in [0.2, 0.25) is 0 Å². The van der Waals surface area contributed by atoms with Crippen molar-refractivity contribution in [2.24, 2.45) is 5.41 Å². The van der Waals surface area contributed by atoms with Gasteiger partial charge >= 0.3 is 0 Å². The predicted molar refractivity (Wildman–Crippen MR) is 67.3 cm³/mol. The monoisotopic (exact) mass is 218 g/mol. The second kappa shape index (κ2) is 5.01. The summed E-state index contributed by atoms with van der Waals surface area (Å²) in [5.41, 5.74) is 1.83. The summed E-state index contributed by atoms with van der Waals surface area (Å²) in [6.07, 6.45) is 6.83. The lowest BCUT2D eigenvalue weighted by Gasteiger charge is -2.23. The summed E-state index contributed by atoms with van der Waals surface area (Å²) in [5.74, 6) is 0.